The predicted molar refractivity (Wildman–Crippen MR) is 67.3 cm³/mol. The molecule has 0 aromatic heterocycles. The van der Waals surface area contributed by atoms with Crippen LogP contribution in [0.15, 0.2) is 12.2 Å². The van der Waals surface area contributed by atoms with E-state index in [2.05, 4.69) is 0 Å². The van der Waals surface area contributed by atoms with Crippen LogP contribution in [-0.4, -0.2) is 104 Å². The van der Waals surface area contributed by atoms with Crippen LogP contribution < -0.4 is 0 Å². The Kier molecular flexibility index (Phi) is 13.7. The van der Waals surface area contributed by atoms with Crippen molar-refractivity contribution in [3.63, 3.8) is 0 Å². The summed E-state index contributed by atoms with van der Waals surface area (Å²) >= 11 is 0. The number of hydrogen-bond acceptors (Lipinski definition) is 6. The van der Waals surface area contributed by atoms with Crippen LogP contribution in [0.5, 0.6) is 0 Å². The number of carbonyl (C=O) groups is 5. The molecule has 0 saturated heterocycles. The van der Waals surface area contributed by atoms with Gasteiger partial charge in [0.15, 0.2) is 5.60 Å². The van der Waals surface area contributed by atoms with Gasteiger partial charge in [-0.1, -0.05) is 0 Å². The molecule has 0 aliphatic heterocycles. The third kappa shape index (κ3) is 14.7. The van der Waals surface area contributed by atoms with Crippen molar-refractivity contribution in [2.24, 2.45) is 0 Å². The zero-order chi connectivity index (χ0) is 17.2. The molecule has 0 rings (SSSR count). The first kappa shape index (κ1) is 25.3. The summed E-state index contributed by atoms with van der Waals surface area (Å²) in [5.74, 6) is -7.53. The topological polar surface area (TPSA) is 207 Å². The van der Waals surface area contributed by atoms with Crippen molar-refractivity contribution in [2.45, 2.75) is 18.4 Å². The van der Waals surface area contributed by atoms with Crippen LogP contribution in [0.25, 0.3) is 0 Å². The minimum absolute atomic E-state index is 0. The molecule has 0 amide bonds. The average molecular weight is 348 g/mol. The van der Waals surface area contributed by atoms with Gasteiger partial charge in [0, 0.05) is 12.2 Å². The van der Waals surface area contributed by atoms with Crippen LogP contribution in [0.3, 0.4) is 0 Å². The van der Waals surface area contributed by atoms with Crippen molar-refractivity contribution in [3.05, 3.63) is 12.2 Å². The zero-order valence-corrected chi connectivity index (χ0v) is 13.2. The smallest absolute Gasteiger partial charge is 0.481 e. The van der Waals surface area contributed by atoms with Crippen molar-refractivity contribution in [3.8, 4) is 0 Å². The van der Waals surface area contributed by atoms with Crippen molar-refractivity contribution >= 4 is 67.6 Å². The number of aliphatic carboxylic acids is 5. The van der Waals surface area contributed by atoms with Crippen LogP contribution in [0.2, 0.25) is 0 Å². The summed E-state index contributed by atoms with van der Waals surface area (Å²) < 4.78 is 0. The van der Waals surface area contributed by atoms with Gasteiger partial charge in [0.25, 0.3) is 0 Å². The Labute approximate surface area is 152 Å². The number of carboxylic acids is 5. The maximum atomic E-state index is 10.3. The zero-order valence-electron chi connectivity index (χ0n) is 11.0. The van der Waals surface area contributed by atoms with Gasteiger partial charge in [0.2, 0.25) is 0 Å². The molecule has 0 heterocycles. The van der Waals surface area contributed by atoms with E-state index in [1.807, 2.05) is 0 Å². The third-order valence-electron chi connectivity index (χ3n) is 1.65. The van der Waals surface area contributed by atoms with E-state index in [1.165, 1.54) is 0 Å². The summed E-state index contributed by atoms with van der Waals surface area (Å²) in [6.45, 7) is 0. The molecule has 0 atom stereocenters. The average Bonchev–Trinajstić information content (AvgIpc) is 2.24. The van der Waals surface area contributed by atoms with Crippen molar-refractivity contribution < 1.29 is 54.6 Å². The van der Waals surface area contributed by atoms with Crippen LogP contribution in [0.1, 0.15) is 12.8 Å². The summed E-state index contributed by atoms with van der Waals surface area (Å²) in [5, 5.41) is 49.4. The molecule has 118 valence electrons. The molecule has 0 aromatic rings. The molecule has 12 heteroatoms. The second kappa shape index (κ2) is 11.9. The molecule has 0 radical (unpaired) electrons. The number of carboxylic acid groups (broad SMARTS) is 5. The molecule has 11 nitrogen and oxygen atoms in total. The number of rotatable bonds is 7. The van der Waals surface area contributed by atoms with Gasteiger partial charge in [0.05, 0.1) is 12.8 Å². The quantitative estimate of drug-likeness (QED) is 0.221. The fourth-order valence-corrected chi connectivity index (χ4v) is 0.857. The van der Waals surface area contributed by atoms with E-state index >= 15 is 0 Å². The maximum Gasteiger partial charge on any atom is 2.00 e. The van der Waals surface area contributed by atoms with E-state index in [0.29, 0.717) is 12.2 Å². The number of aliphatic hydroxyl groups is 1. The van der Waals surface area contributed by atoms with Gasteiger partial charge in [-0.05, 0) is 0 Å². The van der Waals surface area contributed by atoms with Crippen LogP contribution >= 0.6 is 0 Å². The fraction of sp³-hybridized carbons (Fsp3) is 0.300. The van der Waals surface area contributed by atoms with E-state index in [4.69, 9.17) is 30.6 Å². The summed E-state index contributed by atoms with van der Waals surface area (Å²) in [5.41, 5.74) is -2.74. The summed E-state index contributed by atoms with van der Waals surface area (Å²) in [6, 6.07) is 0. The van der Waals surface area contributed by atoms with Gasteiger partial charge >= 0.3 is 67.6 Å². The van der Waals surface area contributed by atoms with E-state index in [0.717, 1.165) is 0 Å². The molecular weight excluding hydrogens is 336 g/mol. The third-order valence-corrected chi connectivity index (χ3v) is 1.65. The Morgan fingerprint density at radius 1 is 0.727 bits per heavy atom. The molecule has 0 aliphatic rings. The molecular formula is C10H12CaO11+2. The van der Waals surface area contributed by atoms with Crippen molar-refractivity contribution in [2.75, 3.05) is 0 Å². The van der Waals surface area contributed by atoms with Gasteiger partial charge in [-0.25, -0.2) is 14.4 Å². The largest absolute Gasteiger partial charge is 2.00 e. The first-order valence-corrected chi connectivity index (χ1v) is 4.94. The minimum Gasteiger partial charge on any atom is -0.481 e. The monoisotopic (exact) mass is 348 g/mol. The second-order valence-corrected chi connectivity index (χ2v) is 3.49. The molecule has 0 saturated carbocycles. The summed E-state index contributed by atoms with van der Waals surface area (Å²) in [4.78, 5) is 49.6. The summed E-state index contributed by atoms with van der Waals surface area (Å²) in [6.07, 6.45) is -1.17. The van der Waals surface area contributed by atoms with Gasteiger partial charge in [-0.3, -0.25) is 9.59 Å². The van der Waals surface area contributed by atoms with Crippen molar-refractivity contribution in [1.29, 1.82) is 0 Å². The molecule has 0 bridgehead atoms. The Hall–Kier alpha value is -1.69. The Balaban J connectivity index is -0.000000348. The fourth-order valence-electron chi connectivity index (χ4n) is 0.857. The first-order valence-electron chi connectivity index (χ1n) is 4.94. The van der Waals surface area contributed by atoms with Gasteiger partial charge in [-0.15, -0.1) is 0 Å². The predicted octanol–water partition coefficient (Wildman–Crippen LogP) is -1.92. The molecule has 0 aliphatic carbocycles. The molecule has 22 heavy (non-hydrogen) atoms. The molecule has 0 unspecified atom stereocenters. The Bertz CT molecular complexity index is 435. The Morgan fingerprint density at radius 3 is 1.14 bits per heavy atom. The maximum absolute atomic E-state index is 10.3. The van der Waals surface area contributed by atoms with E-state index in [-0.39, 0.29) is 37.7 Å². The normalized spacial score (nSPS) is 9.86. The van der Waals surface area contributed by atoms with E-state index < -0.39 is 48.3 Å². The molecule has 0 spiro atoms. The second-order valence-electron chi connectivity index (χ2n) is 3.49. The van der Waals surface area contributed by atoms with Crippen molar-refractivity contribution in [1.82, 2.24) is 0 Å². The molecule has 0 fully saturated rings. The van der Waals surface area contributed by atoms with Crippen LogP contribution in [0, 0.1) is 0 Å². The summed E-state index contributed by atoms with van der Waals surface area (Å²) in [7, 11) is 0. The SMILES string of the molecule is O=C(O)/C=C\C(=O)O.O=C(O)CC(O)(CC(=O)O)C(=O)O.[Ca+2]. The standard InChI is InChI=1S/C6H8O7.C4H4O4.Ca/c7-3(8)1-6(13,5(11)12)2-4(9)10;5-3(6)1-2-4(7)8;/h13H,1-2H2,(H,7,8)(H,9,10)(H,11,12);1-2H,(H,5,6)(H,7,8);/q;;+2/b;2-1-;. The van der Waals surface area contributed by atoms with E-state index in [9.17, 15) is 24.0 Å². The van der Waals surface area contributed by atoms with Gasteiger partial charge in [0.1, 0.15) is 0 Å². The minimum atomic E-state index is -2.74. The van der Waals surface area contributed by atoms with Crippen LogP contribution in [-0.2, 0) is 24.0 Å². The van der Waals surface area contributed by atoms with Gasteiger partial charge < -0.3 is 30.6 Å². The van der Waals surface area contributed by atoms with E-state index in [1.54, 1.807) is 0 Å². The molecule has 6 N–H and O–H groups in total. The van der Waals surface area contributed by atoms with Gasteiger partial charge in [-0.2, -0.15) is 0 Å². The Morgan fingerprint density at radius 2 is 1.00 bits per heavy atom. The molecule has 0 aromatic carbocycles. The van der Waals surface area contributed by atoms with Crippen LogP contribution in [0.4, 0.5) is 0 Å². The number of hydrogen-bond donors (Lipinski definition) is 6. The first-order chi connectivity index (χ1) is 9.40.